The summed E-state index contributed by atoms with van der Waals surface area (Å²) >= 11 is 0. The van der Waals surface area contributed by atoms with Gasteiger partial charge in [0.1, 0.15) is 0 Å². The summed E-state index contributed by atoms with van der Waals surface area (Å²) in [5.74, 6) is 0. The fourth-order valence-electron chi connectivity index (χ4n) is 2.44. The van der Waals surface area contributed by atoms with E-state index in [-0.39, 0.29) is 11.3 Å². The largest absolute Gasteiger partial charge is 0.315 e. The van der Waals surface area contributed by atoms with Crippen LogP contribution in [0.4, 0.5) is 0 Å². The minimum atomic E-state index is -3.07. The molecule has 2 N–H and O–H groups in total. The van der Waals surface area contributed by atoms with Gasteiger partial charge in [-0.2, -0.15) is 0 Å². The van der Waals surface area contributed by atoms with Crippen molar-refractivity contribution in [2.45, 2.75) is 49.8 Å². The van der Waals surface area contributed by atoms with Crippen molar-refractivity contribution >= 4 is 10.0 Å². The molecule has 88 valence electrons. The molecule has 0 amide bonds. The van der Waals surface area contributed by atoms with Crippen LogP contribution in [-0.2, 0) is 10.0 Å². The molecular formula is C10H20N2O2S. The first-order chi connectivity index (χ1) is 7.18. The van der Waals surface area contributed by atoms with Crippen LogP contribution in [0.5, 0.6) is 0 Å². The van der Waals surface area contributed by atoms with Crippen molar-refractivity contribution in [2.24, 2.45) is 0 Å². The number of hydrogen-bond donors (Lipinski definition) is 2. The average molecular weight is 232 g/mol. The van der Waals surface area contributed by atoms with Crippen LogP contribution in [0.15, 0.2) is 0 Å². The fraction of sp³-hybridized carbons (Fsp3) is 1.00. The molecule has 0 aromatic carbocycles. The van der Waals surface area contributed by atoms with E-state index >= 15 is 0 Å². The van der Waals surface area contributed by atoms with Crippen molar-refractivity contribution in [1.82, 2.24) is 10.0 Å². The summed E-state index contributed by atoms with van der Waals surface area (Å²) in [5.41, 5.74) is 0. The van der Waals surface area contributed by atoms with Gasteiger partial charge in [0.15, 0.2) is 0 Å². The van der Waals surface area contributed by atoms with Crippen LogP contribution >= 0.6 is 0 Å². The maximum Gasteiger partial charge on any atom is 0.216 e. The van der Waals surface area contributed by atoms with Crippen molar-refractivity contribution in [3.63, 3.8) is 0 Å². The Morgan fingerprint density at radius 2 is 1.80 bits per heavy atom. The van der Waals surface area contributed by atoms with E-state index in [9.17, 15) is 8.42 Å². The standard InChI is InChI=1S/C10H20N2O2S/c13-15(14,10-6-7-11-8-10)12-9-4-2-1-3-5-9/h9-12H,1-8H2. The smallest absolute Gasteiger partial charge is 0.216 e. The van der Waals surface area contributed by atoms with Crippen molar-refractivity contribution in [3.05, 3.63) is 0 Å². The number of rotatable bonds is 3. The monoisotopic (exact) mass is 232 g/mol. The van der Waals surface area contributed by atoms with Gasteiger partial charge in [0.2, 0.25) is 10.0 Å². The maximum absolute atomic E-state index is 11.9. The van der Waals surface area contributed by atoms with Crippen molar-refractivity contribution in [1.29, 1.82) is 0 Å². The maximum atomic E-state index is 11.9. The molecule has 1 aliphatic heterocycles. The summed E-state index contributed by atoms with van der Waals surface area (Å²) in [6.45, 7) is 1.44. The average Bonchev–Trinajstić information content (AvgIpc) is 2.71. The van der Waals surface area contributed by atoms with Gasteiger partial charge in [-0.3, -0.25) is 0 Å². The second-order valence-corrected chi connectivity index (χ2v) is 6.60. The second kappa shape index (κ2) is 4.80. The van der Waals surface area contributed by atoms with Crippen molar-refractivity contribution in [2.75, 3.05) is 13.1 Å². The summed E-state index contributed by atoms with van der Waals surface area (Å²) < 4.78 is 26.8. The van der Waals surface area contributed by atoms with Crippen LogP contribution in [0.25, 0.3) is 0 Å². The van der Waals surface area contributed by atoms with Crippen molar-refractivity contribution < 1.29 is 8.42 Å². The zero-order valence-electron chi connectivity index (χ0n) is 9.04. The topological polar surface area (TPSA) is 58.2 Å². The number of sulfonamides is 1. The van der Waals surface area contributed by atoms with E-state index in [0.717, 1.165) is 38.6 Å². The molecule has 0 aromatic rings. The molecule has 15 heavy (non-hydrogen) atoms. The van der Waals surface area contributed by atoms with Gasteiger partial charge < -0.3 is 5.32 Å². The van der Waals surface area contributed by atoms with Gasteiger partial charge in [0, 0.05) is 12.6 Å². The van der Waals surface area contributed by atoms with E-state index in [4.69, 9.17) is 0 Å². The third-order valence-corrected chi connectivity index (χ3v) is 5.33. The summed E-state index contributed by atoms with van der Waals surface area (Å²) in [5, 5.41) is 2.89. The third-order valence-electron chi connectivity index (χ3n) is 3.39. The Bertz CT molecular complexity index is 291. The Balaban J connectivity index is 1.90. The first kappa shape index (κ1) is 11.4. The quantitative estimate of drug-likeness (QED) is 0.749. The summed E-state index contributed by atoms with van der Waals surface area (Å²) in [7, 11) is -3.07. The van der Waals surface area contributed by atoms with Gasteiger partial charge in [-0.05, 0) is 25.8 Å². The lowest BCUT2D eigenvalue weighted by Gasteiger charge is -2.24. The highest BCUT2D eigenvalue weighted by Crippen LogP contribution is 2.19. The molecule has 0 spiro atoms. The number of hydrogen-bond acceptors (Lipinski definition) is 3. The molecule has 1 saturated heterocycles. The predicted octanol–water partition coefficient (Wildman–Crippen LogP) is 0.600. The summed E-state index contributed by atoms with van der Waals surface area (Å²) in [6, 6.07) is 0.198. The molecule has 1 aliphatic carbocycles. The lowest BCUT2D eigenvalue weighted by molar-refractivity contribution is 0.410. The Kier molecular flexibility index (Phi) is 3.64. The second-order valence-electron chi connectivity index (χ2n) is 4.61. The lowest BCUT2D eigenvalue weighted by atomic mass is 9.96. The van der Waals surface area contributed by atoms with E-state index in [1.807, 2.05) is 0 Å². The molecule has 0 bridgehead atoms. The highest BCUT2D eigenvalue weighted by molar-refractivity contribution is 7.90. The van der Waals surface area contributed by atoms with E-state index in [1.54, 1.807) is 0 Å². The van der Waals surface area contributed by atoms with E-state index in [0.29, 0.717) is 6.54 Å². The molecule has 1 saturated carbocycles. The van der Waals surface area contributed by atoms with Crippen molar-refractivity contribution in [3.8, 4) is 0 Å². The van der Waals surface area contributed by atoms with Gasteiger partial charge in [-0.1, -0.05) is 19.3 Å². The highest BCUT2D eigenvalue weighted by Gasteiger charge is 2.30. The van der Waals surface area contributed by atoms with Crippen LogP contribution < -0.4 is 10.0 Å². The molecule has 0 radical (unpaired) electrons. The molecule has 2 rings (SSSR count). The van der Waals surface area contributed by atoms with E-state index in [2.05, 4.69) is 10.0 Å². The van der Waals surface area contributed by atoms with Crippen LogP contribution in [0, 0.1) is 0 Å². The first-order valence-corrected chi connectivity index (χ1v) is 7.45. The third kappa shape index (κ3) is 2.92. The van der Waals surface area contributed by atoms with Crippen LogP contribution in [-0.4, -0.2) is 32.8 Å². The fourth-order valence-corrected chi connectivity index (χ4v) is 4.10. The Hall–Kier alpha value is -0.130. The Morgan fingerprint density at radius 1 is 1.07 bits per heavy atom. The molecule has 1 heterocycles. The minimum absolute atomic E-state index is 0.198. The SMILES string of the molecule is O=S(=O)(NC1CCCCC1)C1CCNC1. The molecule has 2 fully saturated rings. The van der Waals surface area contributed by atoms with Gasteiger partial charge in [-0.15, -0.1) is 0 Å². The number of nitrogens with one attached hydrogen (secondary N) is 2. The highest BCUT2D eigenvalue weighted by atomic mass is 32.2. The van der Waals surface area contributed by atoms with Crippen LogP contribution in [0.1, 0.15) is 38.5 Å². The van der Waals surface area contributed by atoms with Gasteiger partial charge >= 0.3 is 0 Å². The Labute approximate surface area is 91.9 Å². The Morgan fingerprint density at radius 3 is 2.40 bits per heavy atom. The van der Waals surface area contributed by atoms with Crippen LogP contribution in [0.2, 0.25) is 0 Å². The molecule has 2 aliphatic rings. The predicted molar refractivity (Wildman–Crippen MR) is 60.2 cm³/mol. The van der Waals surface area contributed by atoms with E-state index < -0.39 is 10.0 Å². The summed E-state index contributed by atoms with van der Waals surface area (Å²) in [6.07, 6.45) is 6.36. The summed E-state index contributed by atoms with van der Waals surface area (Å²) in [4.78, 5) is 0. The molecule has 0 aromatic heterocycles. The molecular weight excluding hydrogens is 212 g/mol. The molecule has 5 heteroatoms. The van der Waals surface area contributed by atoms with Gasteiger partial charge in [0.05, 0.1) is 5.25 Å². The van der Waals surface area contributed by atoms with Gasteiger partial charge in [-0.25, -0.2) is 13.1 Å². The van der Waals surface area contributed by atoms with Gasteiger partial charge in [0.25, 0.3) is 0 Å². The van der Waals surface area contributed by atoms with Crippen LogP contribution in [0.3, 0.4) is 0 Å². The normalized spacial score (nSPS) is 29.5. The molecule has 1 unspecified atom stereocenters. The van der Waals surface area contributed by atoms with E-state index in [1.165, 1.54) is 6.42 Å². The zero-order chi connectivity index (χ0) is 10.7. The first-order valence-electron chi connectivity index (χ1n) is 5.90. The zero-order valence-corrected chi connectivity index (χ0v) is 9.85. The molecule has 4 nitrogen and oxygen atoms in total. The molecule has 1 atom stereocenters. The minimum Gasteiger partial charge on any atom is -0.315 e. The lowest BCUT2D eigenvalue weighted by Crippen LogP contribution is -2.42.